The number of anilines is 2. The van der Waals surface area contributed by atoms with E-state index < -0.39 is 23.8 Å². The van der Waals surface area contributed by atoms with Gasteiger partial charge in [-0.05, 0) is 48.0 Å². The molecule has 1 atom stereocenters. The van der Waals surface area contributed by atoms with Crippen LogP contribution in [-0.4, -0.2) is 48.6 Å². The molecule has 3 aromatic carbocycles. The van der Waals surface area contributed by atoms with Crippen molar-refractivity contribution in [1.82, 2.24) is 5.32 Å². The van der Waals surface area contributed by atoms with Crippen molar-refractivity contribution in [2.45, 2.75) is 12.5 Å². The molecule has 11 heteroatoms. The van der Waals surface area contributed by atoms with Crippen LogP contribution in [0.2, 0.25) is 10.0 Å². The Labute approximate surface area is 234 Å². The van der Waals surface area contributed by atoms with Crippen LogP contribution in [0.15, 0.2) is 72.8 Å². The first-order chi connectivity index (χ1) is 18.7. The number of hydrogen-bond donors (Lipinski definition) is 4. The molecule has 3 rings (SSSR count). The Kier molecular flexibility index (Phi) is 10.6. The summed E-state index contributed by atoms with van der Waals surface area (Å²) in [5.74, 6) is -2.64. The van der Waals surface area contributed by atoms with Crippen LogP contribution in [0.5, 0.6) is 0 Å². The molecule has 0 radical (unpaired) electrons. The minimum atomic E-state index is -1.32. The summed E-state index contributed by atoms with van der Waals surface area (Å²) >= 11 is 12.2. The third-order valence-corrected chi connectivity index (χ3v) is 5.96. The lowest BCUT2D eigenvalue weighted by Crippen LogP contribution is -2.39. The Morgan fingerprint density at radius 2 is 1.56 bits per heavy atom. The van der Waals surface area contributed by atoms with Crippen LogP contribution in [0.4, 0.5) is 11.4 Å². The summed E-state index contributed by atoms with van der Waals surface area (Å²) in [7, 11) is 1.49. The zero-order valence-corrected chi connectivity index (χ0v) is 22.3. The van der Waals surface area contributed by atoms with E-state index in [0.29, 0.717) is 16.9 Å². The number of benzene rings is 3. The number of nitrogens with one attached hydrogen (secondary N) is 3. The summed E-state index contributed by atoms with van der Waals surface area (Å²) in [5, 5.41) is 17.8. The fourth-order valence-electron chi connectivity index (χ4n) is 3.37. The first kappa shape index (κ1) is 29.4. The van der Waals surface area contributed by atoms with Gasteiger partial charge >= 0.3 is 5.97 Å². The zero-order valence-electron chi connectivity index (χ0n) is 20.7. The van der Waals surface area contributed by atoms with Gasteiger partial charge in [-0.25, -0.2) is 4.79 Å². The van der Waals surface area contributed by atoms with Crippen LogP contribution >= 0.6 is 23.2 Å². The first-order valence-electron chi connectivity index (χ1n) is 11.6. The van der Waals surface area contributed by atoms with E-state index >= 15 is 0 Å². The van der Waals surface area contributed by atoms with Gasteiger partial charge in [0.15, 0.2) is 0 Å². The van der Waals surface area contributed by atoms with Crippen molar-refractivity contribution in [3.63, 3.8) is 0 Å². The molecule has 0 heterocycles. The topological polar surface area (TPSA) is 134 Å². The quantitative estimate of drug-likeness (QED) is 0.253. The number of hydrogen-bond acceptors (Lipinski definition) is 5. The number of methoxy groups -OCH3 is 1. The molecule has 0 saturated heterocycles. The monoisotopic (exact) mass is 569 g/mol. The number of halogens is 2. The predicted octanol–water partition coefficient (Wildman–Crippen LogP) is 5.12. The average molecular weight is 570 g/mol. The highest BCUT2D eigenvalue weighted by molar-refractivity contribution is 6.40. The highest BCUT2D eigenvalue weighted by Gasteiger charge is 2.18. The molecular weight excluding hydrogens is 545 g/mol. The van der Waals surface area contributed by atoms with Crippen molar-refractivity contribution in [3.8, 4) is 0 Å². The Hall–Kier alpha value is -4.18. The minimum absolute atomic E-state index is 0.155. The van der Waals surface area contributed by atoms with E-state index in [1.807, 2.05) is 0 Å². The molecule has 0 spiro atoms. The molecule has 0 aliphatic rings. The van der Waals surface area contributed by atoms with Crippen LogP contribution in [0.25, 0.3) is 6.08 Å². The second-order valence-electron chi connectivity index (χ2n) is 8.19. The van der Waals surface area contributed by atoms with E-state index in [-0.39, 0.29) is 40.1 Å². The van der Waals surface area contributed by atoms with Gasteiger partial charge in [0, 0.05) is 24.0 Å². The fourth-order valence-corrected chi connectivity index (χ4v) is 3.94. The summed E-state index contributed by atoms with van der Waals surface area (Å²) in [6, 6.07) is 16.2. The van der Waals surface area contributed by atoms with Gasteiger partial charge in [0.25, 0.3) is 11.8 Å². The van der Waals surface area contributed by atoms with Crippen molar-refractivity contribution >= 4 is 64.3 Å². The Morgan fingerprint density at radius 1 is 0.897 bits per heavy atom. The molecule has 3 aromatic rings. The highest BCUT2D eigenvalue weighted by Crippen LogP contribution is 2.25. The van der Waals surface area contributed by atoms with Crippen molar-refractivity contribution in [1.29, 1.82) is 0 Å². The lowest BCUT2D eigenvalue weighted by molar-refractivity contribution is -0.137. The fraction of sp³-hybridized carbons (Fsp3) is 0.143. The molecule has 0 saturated carbocycles. The third-order valence-electron chi connectivity index (χ3n) is 5.33. The third kappa shape index (κ3) is 8.68. The maximum Gasteiger partial charge on any atom is 0.330 e. The molecular formula is C28H25Cl2N3O6. The van der Waals surface area contributed by atoms with E-state index in [0.717, 1.165) is 0 Å². The van der Waals surface area contributed by atoms with Crippen LogP contribution in [-0.2, 0) is 14.3 Å². The Bertz CT molecular complexity index is 1370. The van der Waals surface area contributed by atoms with E-state index in [4.69, 9.17) is 27.9 Å². The lowest BCUT2D eigenvalue weighted by Gasteiger charge is -2.12. The van der Waals surface area contributed by atoms with Crippen molar-refractivity contribution in [2.24, 2.45) is 0 Å². The molecule has 0 bridgehead atoms. The van der Waals surface area contributed by atoms with Gasteiger partial charge in [-0.15, -0.1) is 0 Å². The van der Waals surface area contributed by atoms with Gasteiger partial charge in [0.2, 0.25) is 5.91 Å². The maximum atomic E-state index is 12.7. The van der Waals surface area contributed by atoms with E-state index in [9.17, 15) is 24.3 Å². The van der Waals surface area contributed by atoms with Crippen molar-refractivity contribution < 1.29 is 29.0 Å². The molecule has 0 aliphatic carbocycles. The maximum absolute atomic E-state index is 12.7. The number of carbonyl (C=O) groups excluding carboxylic acids is 3. The second kappa shape index (κ2) is 14.1. The molecule has 0 fully saturated rings. The van der Waals surface area contributed by atoms with E-state index in [1.165, 1.54) is 31.4 Å². The number of carboxylic acids is 1. The van der Waals surface area contributed by atoms with Crippen molar-refractivity contribution in [2.75, 3.05) is 24.4 Å². The summed E-state index contributed by atoms with van der Waals surface area (Å²) in [5.41, 5.74) is 1.84. The van der Waals surface area contributed by atoms with Gasteiger partial charge in [0.1, 0.15) is 6.04 Å². The number of carbonyl (C=O) groups is 4. The van der Waals surface area contributed by atoms with Crippen LogP contribution in [0.1, 0.15) is 32.7 Å². The van der Waals surface area contributed by atoms with E-state index in [2.05, 4.69) is 16.0 Å². The number of aliphatic carboxylic acids is 1. The van der Waals surface area contributed by atoms with Crippen LogP contribution < -0.4 is 16.0 Å². The van der Waals surface area contributed by atoms with Gasteiger partial charge in [-0.2, -0.15) is 0 Å². The largest absolute Gasteiger partial charge is 0.479 e. The molecule has 3 amide bonds. The molecule has 39 heavy (non-hydrogen) atoms. The number of carboxylic acid groups (broad SMARTS) is 1. The van der Waals surface area contributed by atoms with Crippen LogP contribution in [0, 0.1) is 0 Å². The SMILES string of the molecule is COCCC(=O)Nc1cccc(C(=O)NC(/C=C/c2ccc(NC(=O)c3c(Cl)cccc3Cl)cc2)C(=O)O)c1. The minimum Gasteiger partial charge on any atom is -0.479 e. The molecule has 0 aliphatic heterocycles. The van der Waals surface area contributed by atoms with E-state index in [1.54, 1.807) is 54.6 Å². The van der Waals surface area contributed by atoms with Gasteiger partial charge in [-0.3, -0.25) is 14.4 Å². The second-order valence-corrected chi connectivity index (χ2v) is 9.01. The molecule has 4 N–H and O–H groups in total. The number of rotatable bonds is 11. The zero-order chi connectivity index (χ0) is 28.4. The normalized spacial score (nSPS) is 11.6. The molecule has 1 unspecified atom stereocenters. The van der Waals surface area contributed by atoms with Gasteiger partial charge in [-0.1, -0.05) is 59.6 Å². The predicted molar refractivity (Wildman–Crippen MR) is 150 cm³/mol. The van der Waals surface area contributed by atoms with Crippen molar-refractivity contribution in [3.05, 3.63) is 99.5 Å². The Balaban J connectivity index is 1.63. The van der Waals surface area contributed by atoms with Crippen LogP contribution in [0.3, 0.4) is 0 Å². The Morgan fingerprint density at radius 3 is 2.21 bits per heavy atom. The first-order valence-corrected chi connectivity index (χ1v) is 12.4. The summed E-state index contributed by atoms with van der Waals surface area (Å²) in [6.07, 6.45) is 3.01. The lowest BCUT2D eigenvalue weighted by atomic mass is 10.1. The number of ether oxygens (including phenoxy) is 1. The molecule has 9 nitrogen and oxygen atoms in total. The standard InChI is InChI=1S/C28H25Cl2N3O6/c1-39-15-14-24(34)31-20-5-2-4-18(16-20)26(35)33-23(28(37)38)13-10-17-8-11-19(12-9-17)32-27(36)25-21(29)6-3-7-22(25)30/h2-13,16,23H,14-15H2,1H3,(H,31,34)(H,32,36)(H,33,35)(H,37,38)/b13-10+. The average Bonchev–Trinajstić information content (AvgIpc) is 2.90. The molecule has 202 valence electrons. The van der Waals surface area contributed by atoms with Gasteiger partial charge in [0.05, 0.1) is 28.6 Å². The van der Waals surface area contributed by atoms with Gasteiger partial charge < -0.3 is 25.8 Å². The smallest absolute Gasteiger partial charge is 0.330 e. The highest BCUT2D eigenvalue weighted by atomic mass is 35.5. The summed E-state index contributed by atoms with van der Waals surface area (Å²) in [6.45, 7) is 0.257. The summed E-state index contributed by atoms with van der Waals surface area (Å²) in [4.78, 5) is 48.9. The molecule has 0 aromatic heterocycles. The number of amides is 3. The summed E-state index contributed by atoms with van der Waals surface area (Å²) < 4.78 is 4.87.